The van der Waals surface area contributed by atoms with Gasteiger partial charge in [0.05, 0.1) is 5.60 Å². The van der Waals surface area contributed by atoms with Crippen molar-refractivity contribution in [3.63, 3.8) is 0 Å². The van der Waals surface area contributed by atoms with Gasteiger partial charge in [0.2, 0.25) is 0 Å². The molecule has 0 aliphatic heterocycles. The summed E-state index contributed by atoms with van der Waals surface area (Å²) in [6.45, 7) is 14.1. The molecule has 0 atom stereocenters. The lowest BCUT2D eigenvalue weighted by molar-refractivity contribution is 0.0397. The minimum atomic E-state index is 0.0417. The summed E-state index contributed by atoms with van der Waals surface area (Å²) in [5, 5.41) is 0. The summed E-state index contributed by atoms with van der Waals surface area (Å²) in [5.74, 6) is 0. The third-order valence-electron chi connectivity index (χ3n) is 1.28. The average Bonchev–Trinajstić information content (AvgIpc) is 2.36. The zero-order valence-corrected chi connectivity index (χ0v) is 12.4. The summed E-state index contributed by atoms with van der Waals surface area (Å²) in [6, 6.07) is 12.0. The standard InChI is InChI=1S/C6H6.C5H12O.2C2H6/c1-2-4-6-5-3-1;1-5(2,3)6-4;2*1-2/h1-6H;1-4H3;2*1-2H3. The first-order valence-electron chi connectivity index (χ1n) is 6.11. The van der Waals surface area contributed by atoms with Gasteiger partial charge in [-0.1, -0.05) is 64.1 Å². The molecule has 0 aliphatic carbocycles. The van der Waals surface area contributed by atoms with E-state index >= 15 is 0 Å². The molecule has 1 heteroatoms. The van der Waals surface area contributed by atoms with Crippen molar-refractivity contribution in [3.05, 3.63) is 36.4 Å². The van der Waals surface area contributed by atoms with Gasteiger partial charge < -0.3 is 4.74 Å². The van der Waals surface area contributed by atoms with Crippen LogP contribution >= 0.6 is 0 Å². The number of methoxy groups -OCH3 is 1. The maximum Gasteiger partial charge on any atom is 0.0594 e. The molecule has 0 aromatic heterocycles. The second-order valence-corrected chi connectivity index (χ2v) is 3.47. The molecule has 0 N–H and O–H groups in total. The van der Waals surface area contributed by atoms with Crippen molar-refractivity contribution >= 4 is 0 Å². The molecule has 0 amide bonds. The van der Waals surface area contributed by atoms with Crippen LogP contribution in [0.2, 0.25) is 0 Å². The molecule has 0 heterocycles. The van der Waals surface area contributed by atoms with E-state index in [2.05, 4.69) is 0 Å². The van der Waals surface area contributed by atoms with Crippen LogP contribution in [0.4, 0.5) is 0 Å². The third kappa shape index (κ3) is 29.2. The van der Waals surface area contributed by atoms with Crippen molar-refractivity contribution in [2.45, 2.75) is 54.1 Å². The smallest absolute Gasteiger partial charge is 0.0594 e. The summed E-state index contributed by atoms with van der Waals surface area (Å²) in [7, 11) is 1.71. The Balaban J connectivity index is -0.000000162. The fraction of sp³-hybridized carbons (Fsp3) is 0.600. The Bertz CT molecular complexity index is 148. The van der Waals surface area contributed by atoms with Gasteiger partial charge in [-0.3, -0.25) is 0 Å². The van der Waals surface area contributed by atoms with Crippen molar-refractivity contribution in [3.8, 4) is 0 Å². The van der Waals surface area contributed by atoms with Crippen LogP contribution in [0.15, 0.2) is 36.4 Å². The van der Waals surface area contributed by atoms with Gasteiger partial charge in [0, 0.05) is 7.11 Å². The highest BCUT2D eigenvalue weighted by molar-refractivity contribution is 4.99. The number of rotatable bonds is 0. The predicted molar refractivity (Wildman–Crippen MR) is 75.9 cm³/mol. The second-order valence-electron chi connectivity index (χ2n) is 3.47. The first-order chi connectivity index (χ1) is 7.56. The fourth-order valence-corrected chi connectivity index (χ4v) is 0.385. The lowest BCUT2D eigenvalue weighted by atomic mass is 10.2. The van der Waals surface area contributed by atoms with Crippen LogP contribution in [0.1, 0.15) is 48.5 Å². The number of hydrogen-bond acceptors (Lipinski definition) is 1. The van der Waals surface area contributed by atoms with Gasteiger partial charge in [0.1, 0.15) is 0 Å². The second kappa shape index (κ2) is 16.6. The van der Waals surface area contributed by atoms with Crippen LogP contribution in [0.25, 0.3) is 0 Å². The Hall–Kier alpha value is -0.820. The molecule has 96 valence electrons. The highest BCUT2D eigenvalue weighted by Crippen LogP contribution is 2.02. The lowest BCUT2D eigenvalue weighted by Gasteiger charge is -2.14. The van der Waals surface area contributed by atoms with Crippen molar-refractivity contribution in [1.29, 1.82) is 0 Å². The number of hydrogen-bond donors (Lipinski definition) is 0. The molecule has 0 saturated heterocycles. The molecule has 0 saturated carbocycles. The minimum absolute atomic E-state index is 0.0417. The van der Waals surface area contributed by atoms with Gasteiger partial charge in [-0.05, 0) is 20.8 Å². The van der Waals surface area contributed by atoms with E-state index in [0.717, 1.165) is 0 Å². The maximum absolute atomic E-state index is 4.94. The molecule has 1 aromatic rings. The Morgan fingerprint density at radius 1 is 0.625 bits per heavy atom. The SMILES string of the molecule is CC.CC.COC(C)(C)C.c1ccccc1. The molecule has 0 unspecified atom stereocenters. The van der Waals surface area contributed by atoms with E-state index in [4.69, 9.17) is 4.74 Å². The topological polar surface area (TPSA) is 9.23 Å². The molecule has 0 fully saturated rings. The predicted octanol–water partition coefficient (Wildman–Crippen LogP) is 5.17. The van der Waals surface area contributed by atoms with E-state index in [-0.39, 0.29) is 5.60 Å². The molecule has 0 spiro atoms. The molecular formula is C15H30O. The van der Waals surface area contributed by atoms with Crippen LogP contribution in [0.5, 0.6) is 0 Å². The largest absolute Gasteiger partial charge is 0.379 e. The summed E-state index contributed by atoms with van der Waals surface area (Å²) in [5.41, 5.74) is 0.0417. The number of benzene rings is 1. The van der Waals surface area contributed by atoms with E-state index in [0.29, 0.717) is 0 Å². The van der Waals surface area contributed by atoms with Crippen LogP contribution in [-0.2, 0) is 4.74 Å². The van der Waals surface area contributed by atoms with Gasteiger partial charge in [-0.25, -0.2) is 0 Å². The Morgan fingerprint density at radius 3 is 0.812 bits per heavy atom. The molecule has 1 rings (SSSR count). The van der Waals surface area contributed by atoms with E-state index in [9.17, 15) is 0 Å². The fourth-order valence-electron chi connectivity index (χ4n) is 0.385. The van der Waals surface area contributed by atoms with Crippen LogP contribution in [0.3, 0.4) is 0 Å². The Kier molecular flexibility index (Phi) is 21.4. The summed E-state index contributed by atoms with van der Waals surface area (Å²) in [6.07, 6.45) is 0. The average molecular weight is 226 g/mol. The van der Waals surface area contributed by atoms with Gasteiger partial charge in [0.15, 0.2) is 0 Å². The number of ether oxygens (including phenoxy) is 1. The lowest BCUT2D eigenvalue weighted by Crippen LogP contribution is -2.15. The zero-order chi connectivity index (χ0) is 13.4. The molecule has 16 heavy (non-hydrogen) atoms. The molecule has 1 nitrogen and oxygen atoms in total. The third-order valence-corrected chi connectivity index (χ3v) is 1.28. The van der Waals surface area contributed by atoms with Crippen LogP contribution in [-0.4, -0.2) is 12.7 Å². The van der Waals surface area contributed by atoms with E-state index in [1.807, 2.05) is 84.9 Å². The van der Waals surface area contributed by atoms with Crippen molar-refractivity contribution in [2.24, 2.45) is 0 Å². The summed E-state index contributed by atoms with van der Waals surface area (Å²) >= 11 is 0. The summed E-state index contributed by atoms with van der Waals surface area (Å²) < 4.78 is 4.94. The normalized spacial score (nSPS) is 8.25. The van der Waals surface area contributed by atoms with Gasteiger partial charge in [-0.15, -0.1) is 0 Å². The highest BCUT2D eigenvalue weighted by Gasteiger charge is 2.03. The Labute approximate surface area is 103 Å². The molecule has 0 aliphatic rings. The molecule has 0 radical (unpaired) electrons. The quantitative estimate of drug-likeness (QED) is 0.593. The zero-order valence-electron chi connectivity index (χ0n) is 12.4. The first kappa shape index (κ1) is 20.6. The molecular weight excluding hydrogens is 196 g/mol. The van der Waals surface area contributed by atoms with Crippen molar-refractivity contribution < 1.29 is 4.74 Å². The Morgan fingerprint density at radius 2 is 0.750 bits per heavy atom. The van der Waals surface area contributed by atoms with Gasteiger partial charge in [0.25, 0.3) is 0 Å². The maximum atomic E-state index is 4.94. The van der Waals surface area contributed by atoms with E-state index in [1.165, 1.54) is 0 Å². The van der Waals surface area contributed by atoms with Crippen molar-refractivity contribution in [2.75, 3.05) is 7.11 Å². The molecule has 0 bridgehead atoms. The monoisotopic (exact) mass is 226 g/mol. The van der Waals surface area contributed by atoms with E-state index < -0.39 is 0 Å². The van der Waals surface area contributed by atoms with Crippen molar-refractivity contribution in [1.82, 2.24) is 0 Å². The van der Waals surface area contributed by atoms with Crippen LogP contribution < -0.4 is 0 Å². The minimum Gasteiger partial charge on any atom is -0.379 e. The highest BCUT2D eigenvalue weighted by atomic mass is 16.5. The van der Waals surface area contributed by atoms with Gasteiger partial charge >= 0.3 is 0 Å². The van der Waals surface area contributed by atoms with Crippen LogP contribution in [0, 0.1) is 0 Å². The van der Waals surface area contributed by atoms with E-state index in [1.54, 1.807) is 7.11 Å². The first-order valence-corrected chi connectivity index (χ1v) is 6.11. The van der Waals surface area contributed by atoms with Gasteiger partial charge in [-0.2, -0.15) is 0 Å². The molecule has 1 aromatic carbocycles. The summed E-state index contributed by atoms with van der Waals surface area (Å²) in [4.78, 5) is 0.